The van der Waals surface area contributed by atoms with E-state index in [4.69, 9.17) is 9.15 Å². The number of hydrogen-bond donors (Lipinski definition) is 1. The molecule has 3 aromatic rings. The standard InChI is InChI=1S/C20H17BrN2O3/c1-14-6-11-19(26-14)20(24)23-22-12-16-4-2-3-5-18(16)25-13-15-7-9-17(21)10-8-15/h2-12H,13H2,1H3,(H,23,24)/b22-12-. The number of hydrogen-bond acceptors (Lipinski definition) is 4. The van der Waals surface area contributed by atoms with Crippen molar-refractivity contribution in [2.75, 3.05) is 0 Å². The van der Waals surface area contributed by atoms with E-state index in [0.717, 1.165) is 15.6 Å². The molecule has 0 bridgehead atoms. The van der Waals surface area contributed by atoms with Gasteiger partial charge in [0.25, 0.3) is 0 Å². The van der Waals surface area contributed by atoms with Crippen LogP contribution in [-0.4, -0.2) is 12.1 Å². The zero-order chi connectivity index (χ0) is 18.4. The zero-order valence-corrected chi connectivity index (χ0v) is 15.7. The number of benzene rings is 2. The third kappa shape index (κ3) is 4.83. The number of carbonyl (C=O) groups is 1. The van der Waals surface area contributed by atoms with E-state index < -0.39 is 5.91 Å². The van der Waals surface area contributed by atoms with E-state index in [1.165, 1.54) is 0 Å². The molecule has 3 rings (SSSR count). The number of para-hydroxylation sites is 1. The Kier molecular flexibility index (Phi) is 5.86. The molecular formula is C20H17BrN2O3. The van der Waals surface area contributed by atoms with Crippen LogP contribution in [0.25, 0.3) is 0 Å². The maximum atomic E-state index is 11.9. The van der Waals surface area contributed by atoms with Gasteiger partial charge in [0, 0.05) is 10.0 Å². The maximum Gasteiger partial charge on any atom is 0.307 e. The molecule has 0 spiro atoms. The normalized spacial score (nSPS) is 10.8. The van der Waals surface area contributed by atoms with Crippen molar-refractivity contribution >= 4 is 28.1 Å². The molecule has 1 aromatic heterocycles. The Morgan fingerprint density at radius 3 is 2.65 bits per heavy atom. The Morgan fingerprint density at radius 1 is 1.15 bits per heavy atom. The molecule has 0 radical (unpaired) electrons. The number of nitrogens with one attached hydrogen (secondary N) is 1. The van der Waals surface area contributed by atoms with Crippen LogP contribution < -0.4 is 10.2 Å². The summed E-state index contributed by atoms with van der Waals surface area (Å²) in [5.41, 5.74) is 4.27. The number of carbonyl (C=O) groups excluding carboxylic acids is 1. The van der Waals surface area contributed by atoms with Gasteiger partial charge in [-0.25, -0.2) is 5.43 Å². The molecule has 0 aliphatic rings. The van der Waals surface area contributed by atoms with Crippen molar-refractivity contribution in [2.24, 2.45) is 5.10 Å². The number of hydrazone groups is 1. The second-order valence-corrected chi connectivity index (χ2v) is 6.48. The molecule has 0 aliphatic heterocycles. The Labute approximate surface area is 159 Å². The third-order valence-electron chi connectivity index (χ3n) is 3.56. The Bertz CT molecular complexity index is 917. The van der Waals surface area contributed by atoms with Gasteiger partial charge < -0.3 is 9.15 Å². The highest BCUT2D eigenvalue weighted by atomic mass is 79.9. The fraction of sp³-hybridized carbons (Fsp3) is 0.100. The van der Waals surface area contributed by atoms with Gasteiger partial charge in [-0.1, -0.05) is 40.2 Å². The lowest BCUT2D eigenvalue weighted by Gasteiger charge is -2.09. The summed E-state index contributed by atoms with van der Waals surface area (Å²) < 4.78 is 12.1. The van der Waals surface area contributed by atoms with Crippen molar-refractivity contribution in [2.45, 2.75) is 13.5 Å². The van der Waals surface area contributed by atoms with E-state index in [1.807, 2.05) is 48.5 Å². The SMILES string of the molecule is Cc1ccc(C(=O)N/N=C\c2ccccc2OCc2ccc(Br)cc2)o1. The minimum absolute atomic E-state index is 0.222. The Balaban J connectivity index is 1.63. The number of nitrogens with zero attached hydrogens (tertiary/aromatic N) is 1. The van der Waals surface area contributed by atoms with Gasteiger partial charge >= 0.3 is 5.91 Å². The monoisotopic (exact) mass is 412 g/mol. The second-order valence-electron chi connectivity index (χ2n) is 5.56. The van der Waals surface area contributed by atoms with E-state index >= 15 is 0 Å². The van der Waals surface area contributed by atoms with Gasteiger partial charge in [-0.2, -0.15) is 5.10 Å². The fourth-order valence-corrected chi connectivity index (χ4v) is 2.50. The third-order valence-corrected chi connectivity index (χ3v) is 4.09. The van der Waals surface area contributed by atoms with E-state index in [0.29, 0.717) is 18.1 Å². The van der Waals surface area contributed by atoms with Gasteiger partial charge in [0.2, 0.25) is 0 Å². The highest BCUT2D eigenvalue weighted by molar-refractivity contribution is 9.10. The minimum Gasteiger partial charge on any atom is -0.488 e. The van der Waals surface area contributed by atoms with Crippen molar-refractivity contribution in [3.05, 3.63) is 87.8 Å². The quantitative estimate of drug-likeness (QED) is 0.471. The van der Waals surface area contributed by atoms with Gasteiger partial charge in [0.15, 0.2) is 5.76 Å². The van der Waals surface area contributed by atoms with Crippen molar-refractivity contribution in [1.82, 2.24) is 5.43 Å². The number of furan rings is 1. The molecule has 0 aliphatic carbocycles. The van der Waals surface area contributed by atoms with Crippen LogP contribution in [0.1, 0.15) is 27.4 Å². The molecule has 0 fully saturated rings. The first-order valence-electron chi connectivity index (χ1n) is 7.98. The fourth-order valence-electron chi connectivity index (χ4n) is 2.23. The maximum absolute atomic E-state index is 11.9. The van der Waals surface area contributed by atoms with Crippen molar-refractivity contribution in [3.8, 4) is 5.75 Å². The highest BCUT2D eigenvalue weighted by Crippen LogP contribution is 2.18. The van der Waals surface area contributed by atoms with Crippen LogP contribution in [0.3, 0.4) is 0 Å². The summed E-state index contributed by atoms with van der Waals surface area (Å²) >= 11 is 3.41. The summed E-state index contributed by atoms with van der Waals surface area (Å²) in [5.74, 6) is 1.18. The summed E-state index contributed by atoms with van der Waals surface area (Å²) in [6.45, 7) is 2.22. The Hall–Kier alpha value is -2.86. The van der Waals surface area contributed by atoms with Crippen molar-refractivity contribution < 1.29 is 13.9 Å². The van der Waals surface area contributed by atoms with Crippen molar-refractivity contribution in [1.29, 1.82) is 0 Å². The molecule has 26 heavy (non-hydrogen) atoms. The largest absolute Gasteiger partial charge is 0.488 e. The summed E-state index contributed by atoms with van der Waals surface area (Å²) in [7, 11) is 0. The van der Waals surface area contributed by atoms with Gasteiger partial charge in [-0.3, -0.25) is 4.79 Å². The molecule has 1 heterocycles. The molecule has 132 valence electrons. The van der Waals surface area contributed by atoms with E-state index in [-0.39, 0.29) is 5.76 Å². The van der Waals surface area contributed by atoms with Crippen molar-refractivity contribution in [3.63, 3.8) is 0 Å². The van der Waals surface area contributed by atoms with Crippen LogP contribution in [0.15, 0.2) is 74.7 Å². The van der Waals surface area contributed by atoms with Crippen LogP contribution in [-0.2, 0) is 6.61 Å². The molecule has 5 nitrogen and oxygen atoms in total. The minimum atomic E-state index is -0.400. The second kappa shape index (κ2) is 8.49. The van der Waals surface area contributed by atoms with Gasteiger partial charge in [0.1, 0.15) is 18.1 Å². The first-order valence-corrected chi connectivity index (χ1v) is 8.77. The van der Waals surface area contributed by atoms with Crippen LogP contribution in [0.2, 0.25) is 0 Å². The lowest BCUT2D eigenvalue weighted by molar-refractivity contribution is 0.0926. The van der Waals surface area contributed by atoms with E-state index in [9.17, 15) is 4.79 Å². The smallest absolute Gasteiger partial charge is 0.307 e. The molecule has 1 amide bonds. The summed E-state index contributed by atoms with van der Waals surface area (Å²) in [4.78, 5) is 11.9. The highest BCUT2D eigenvalue weighted by Gasteiger charge is 2.08. The predicted molar refractivity (Wildman–Crippen MR) is 103 cm³/mol. The summed E-state index contributed by atoms with van der Waals surface area (Å²) in [6, 6.07) is 18.7. The Morgan fingerprint density at radius 2 is 1.92 bits per heavy atom. The molecule has 0 atom stereocenters. The molecule has 0 saturated heterocycles. The average Bonchev–Trinajstić information content (AvgIpc) is 3.09. The molecule has 2 aromatic carbocycles. The van der Waals surface area contributed by atoms with Crippen LogP contribution in [0.5, 0.6) is 5.75 Å². The van der Waals surface area contributed by atoms with Crippen LogP contribution >= 0.6 is 15.9 Å². The number of halogens is 1. The van der Waals surface area contributed by atoms with E-state index in [1.54, 1.807) is 25.3 Å². The number of aryl methyl sites for hydroxylation is 1. The molecule has 6 heteroatoms. The number of amides is 1. The van der Waals surface area contributed by atoms with Crippen LogP contribution in [0.4, 0.5) is 0 Å². The van der Waals surface area contributed by atoms with Gasteiger partial charge in [0.05, 0.1) is 6.21 Å². The van der Waals surface area contributed by atoms with Crippen LogP contribution in [0, 0.1) is 6.92 Å². The first kappa shape index (κ1) is 17.9. The summed E-state index contributed by atoms with van der Waals surface area (Å²) in [6.07, 6.45) is 1.55. The zero-order valence-electron chi connectivity index (χ0n) is 14.1. The molecule has 0 unspecified atom stereocenters. The first-order chi connectivity index (χ1) is 12.6. The van der Waals surface area contributed by atoms with E-state index in [2.05, 4.69) is 26.5 Å². The molecule has 1 N–H and O–H groups in total. The lowest BCUT2D eigenvalue weighted by Crippen LogP contribution is -2.16. The number of ether oxygens (including phenoxy) is 1. The summed E-state index contributed by atoms with van der Waals surface area (Å²) in [5, 5.41) is 3.98. The molecule has 0 saturated carbocycles. The topological polar surface area (TPSA) is 63.8 Å². The lowest BCUT2D eigenvalue weighted by atomic mass is 10.2. The van der Waals surface area contributed by atoms with Gasteiger partial charge in [-0.15, -0.1) is 0 Å². The average molecular weight is 413 g/mol. The predicted octanol–water partition coefficient (Wildman–Crippen LogP) is 4.69. The van der Waals surface area contributed by atoms with Gasteiger partial charge in [-0.05, 0) is 48.9 Å². The molecular weight excluding hydrogens is 396 g/mol. The number of rotatable bonds is 6.